The van der Waals surface area contributed by atoms with E-state index in [4.69, 9.17) is 19.7 Å². The summed E-state index contributed by atoms with van der Waals surface area (Å²) in [7, 11) is 0. The molecule has 2 aromatic heterocycles. The lowest BCUT2D eigenvalue weighted by molar-refractivity contribution is -0.128. The first-order valence-corrected chi connectivity index (χ1v) is 15.9. The van der Waals surface area contributed by atoms with E-state index in [9.17, 15) is 10.1 Å². The average Bonchev–Trinajstić information content (AvgIpc) is 3.33. The van der Waals surface area contributed by atoms with Gasteiger partial charge in [0.15, 0.2) is 5.82 Å². The highest BCUT2D eigenvalue weighted by molar-refractivity contribution is 5.93. The molecular formula is C34H36FN7O2. The zero-order valence-electron chi connectivity index (χ0n) is 24.8. The van der Waals surface area contributed by atoms with E-state index in [1.165, 1.54) is 17.2 Å². The number of nitrogens with zero attached hydrogens (tertiary/aromatic N) is 7. The number of nitriles is 1. The molecule has 3 aliphatic heterocycles. The van der Waals surface area contributed by atoms with Gasteiger partial charge in [-0.05, 0) is 80.7 Å². The van der Waals surface area contributed by atoms with Gasteiger partial charge in [0.1, 0.15) is 23.6 Å². The fourth-order valence-corrected chi connectivity index (χ4v) is 8.45. The predicted octanol–water partition coefficient (Wildman–Crippen LogP) is 4.61. The van der Waals surface area contributed by atoms with E-state index in [1.54, 1.807) is 11.1 Å². The number of fused-ring (bicyclic) bond motifs is 5. The molecule has 5 aliphatic rings. The Morgan fingerprint density at radius 3 is 2.84 bits per heavy atom. The van der Waals surface area contributed by atoms with E-state index in [0.29, 0.717) is 55.0 Å². The fraction of sp³-hybridized carbons (Fsp3) is 0.500. The van der Waals surface area contributed by atoms with Crippen LogP contribution in [0.25, 0.3) is 22.2 Å². The smallest absolute Gasteiger partial charge is 0.319 e. The summed E-state index contributed by atoms with van der Waals surface area (Å²) in [5.41, 5.74) is 3.87. The molecule has 1 amide bonds. The summed E-state index contributed by atoms with van der Waals surface area (Å²) in [5.74, 6) is 1.00. The molecule has 3 aromatic rings. The Kier molecular flexibility index (Phi) is 6.56. The number of benzene rings is 1. The third-order valence-electron chi connectivity index (χ3n) is 10.7. The Balaban J connectivity index is 1.21. The van der Waals surface area contributed by atoms with Gasteiger partial charge in [-0.1, -0.05) is 24.8 Å². The van der Waals surface area contributed by atoms with Crippen LogP contribution in [-0.2, 0) is 11.2 Å². The summed E-state index contributed by atoms with van der Waals surface area (Å²) in [6.45, 7) is 7.47. The van der Waals surface area contributed by atoms with Crippen molar-refractivity contribution in [2.24, 2.45) is 5.92 Å². The van der Waals surface area contributed by atoms with Crippen LogP contribution >= 0.6 is 0 Å². The van der Waals surface area contributed by atoms with E-state index in [-0.39, 0.29) is 35.4 Å². The third-order valence-corrected chi connectivity index (χ3v) is 10.7. The molecule has 1 aromatic carbocycles. The molecule has 3 saturated heterocycles. The third kappa shape index (κ3) is 4.35. The van der Waals surface area contributed by atoms with Gasteiger partial charge < -0.3 is 14.5 Å². The van der Waals surface area contributed by atoms with E-state index < -0.39 is 5.82 Å². The molecular weight excluding hydrogens is 557 g/mol. The van der Waals surface area contributed by atoms with Crippen LogP contribution in [0, 0.1) is 23.1 Å². The Morgan fingerprint density at radius 2 is 2.05 bits per heavy atom. The first-order valence-electron chi connectivity index (χ1n) is 15.9. The topological polar surface area (TPSA) is 98.5 Å². The SMILES string of the molecule is C=CC(=O)N1CCN(c2nc(OCC34CCCN3CCC4)nc3c(F)c(-c4cccc5c4[C@H]4C[C@H]4C5)ncc23)C[C@@H]1CC#N. The number of amides is 1. The van der Waals surface area contributed by atoms with Crippen LogP contribution in [0.1, 0.15) is 55.6 Å². The maximum Gasteiger partial charge on any atom is 0.319 e. The summed E-state index contributed by atoms with van der Waals surface area (Å²) in [4.78, 5) is 33.0. The number of piperazine rings is 1. The zero-order valence-corrected chi connectivity index (χ0v) is 24.8. The summed E-state index contributed by atoms with van der Waals surface area (Å²) >= 11 is 0. The number of aromatic nitrogens is 3. The van der Waals surface area contributed by atoms with Gasteiger partial charge >= 0.3 is 6.01 Å². The zero-order chi connectivity index (χ0) is 30.0. The molecule has 2 aliphatic carbocycles. The minimum Gasteiger partial charge on any atom is -0.461 e. The van der Waals surface area contributed by atoms with E-state index in [2.05, 4.69) is 23.6 Å². The second-order valence-corrected chi connectivity index (χ2v) is 13.1. The van der Waals surface area contributed by atoms with Crippen LogP contribution in [0.2, 0.25) is 0 Å². The monoisotopic (exact) mass is 593 g/mol. The lowest BCUT2D eigenvalue weighted by Crippen LogP contribution is -2.55. The van der Waals surface area contributed by atoms with Gasteiger partial charge in [0.2, 0.25) is 5.91 Å². The number of anilines is 1. The van der Waals surface area contributed by atoms with E-state index in [0.717, 1.165) is 57.2 Å². The van der Waals surface area contributed by atoms with Crippen molar-refractivity contribution in [3.8, 4) is 23.3 Å². The molecule has 0 radical (unpaired) electrons. The molecule has 9 nitrogen and oxygen atoms in total. The normalized spacial score (nSPS) is 25.0. The molecule has 8 rings (SSSR count). The van der Waals surface area contributed by atoms with Crippen molar-refractivity contribution >= 4 is 22.6 Å². The highest BCUT2D eigenvalue weighted by atomic mass is 19.1. The van der Waals surface area contributed by atoms with Gasteiger partial charge in [-0.2, -0.15) is 15.2 Å². The summed E-state index contributed by atoms with van der Waals surface area (Å²) in [5, 5.41) is 10.0. The van der Waals surface area contributed by atoms with Crippen LogP contribution in [0.15, 0.2) is 37.1 Å². The predicted molar refractivity (Wildman–Crippen MR) is 164 cm³/mol. The number of hydrogen-bond donors (Lipinski definition) is 0. The number of ether oxygens (including phenoxy) is 1. The minimum atomic E-state index is -0.468. The molecule has 0 spiro atoms. The number of rotatable bonds is 7. The quantitative estimate of drug-likeness (QED) is 0.366. The van der Waals surface area contributed by atoms with Crippen molar-refractivity contribution in [3.05, 3.63) is 54.0 Å². The standard InChI is InChI=1S/C34H36FN7O2/c1-2-27(43)42-15-14-40(19-23(42)8-11-36)32-26-18-37-30(24-7-3-6-21-16-22-17-25(22)28(21)24)29(35)31(26)38-33(39-32)44-20-34-9-4-12-41(34)13-5-10-34/h2-3,6-7,18,22-23,25H,1,4-5,8-10,12-17,19-20H2/t22-,23+,25+/m1/s1. The molecule has 0 N–H and O–H groups in total. The van der Waals surface area contributed by atoms with Crippen molar-refractivity contribution in [1.29, 1.82) is 5.26 Å². The second-order valence-electron chi connectivity index (χ2n) is 13.1. The molecule has 10 heteroatoms. The largest absolute Gasteiger partial charge is 0.461 e. The van der Waals surface area contributed by atoms with Crippen LogP contribution < -0.4 is 9.64 Å². The molecule has 44 heavy (non-hydrogen) atoms. The Morgan fingerprint density at radius 1 is 1.20 bits per heavy atom. The van der Waals surface area contributed by atoms with Crippen LogP contribution in [0.3, 0.4) is 0 Å². The number of carbonyl (C=O) groups excluding carboxylic acids is 1. The molecule has 0 unspecified atom stereocenters. The van der Waals surface area contributed by atoms with Gasteiger partial charge in [0, 0.05) is 31.4 Å². The first kappa shape index (κ1) is 27.4. The summed E-state index contributed by atoms with van der Waals surface area (Å²) in [6.07, 6.45) is 9.79. The molecule has 3 atom stereocenters. The van der Waals surface area contributed by atoms with Gasteiger partial charge in [-0.15, -0.1) is 0 Å². The van der Waals surface area contributed by atoms with Crippen molar-refractivity contribution in [1.82, 2.24) is 24.8 Å². The second kappa shape index (κ2) is 10.5. The first-order chi connectivity index (χ1) is 21.5. The Labute approximate surface area is 256 Å². The number of halogens is 1. The van der Waals surface area contributed by atoms with Gasteiger partial charge in [0.05, 0.1) is 29.5 Å². The highest BCUT2D eigenvalue weighted by Crippen LogP contribution is 2.58. The van der Waals surface area contributed by atoms with Crippen LogP contribution in [0.4, 0.5) is 10.2 Å². The Hall–Kier alpha value is -4.10. The number of pyridine rings is 1. The number of hydrogen-bond acceptors (Lipinski definition) is 8. The van der Waals surface area contributed by atoms with Gasteiger partial charge in [-0.25, -0.2) is 4.39 Å². The lowest BCUT2D eigenvalue weighted by atomic mass is 9.95. The highest BCUT2D eigenvalue weighted by Gasteiger charge is 2.47. The number of carbonyl (C=O) groups is 1. The maximum atomic E-state index is 16.7. The summed E-state index contributed by atoms with van der Waals surface area (Å²) < 4.78 is 23.1. The minimum absolute atomic E-state index is 0.0135. The summed E-state index contributed by atoms with van der Waals surface area (Å²) in [6, 6.07) is 8.14. The van der Waals surface area contributed by atoms with E-state index >= 15 is 4.39 Å². The molecule has 226 valence electrons. The molecule has 1 saturated carbocycles. The van der Waals surface area contributed by atoms with Crippen molar-refractivity contribution < 1.29 is 13.9 Å². The average molecular weight is 594 g/mol. The molecule has 4 fully saturated rings. The van der Waals surface area contributed by atoms with Crippen molar-refractivity contribution in [3.63, 3.8) is 0 Å². The van der Waals surface area contributed by atoms with Crippen molar-refractivity contribution in [2.75, 3.05) is 44.2 Å². The van der Waals surface area contributed by atoms with Crippen molar-refractivity contribution in [2.45, 2.75) is 62.4 Å². The molecule has 0 bridgehead atoms. The van der Waals surface area contributed by atoms with Gasteiger partial charge in [0.25, 0.3) is 0 Å². The lowest BCUT2D eigenvalue weighted by Gasteiger charge is -2.41. The van der Waals surface area contributed by atoms with Gasteiger partial charge in [-0.3, -0.25) is 14.7 Å². The van der Waals surface area contributed by atoms with E-state index in [1.807, 2.05) is 17.0 Å². The van der Waals surface area contributed by atoms with Crippen LogP contribution in [-0.4, -0.2) is 81.6 Å². The maximum absolute atomic E-state index is 16.7. The Bertz CT molecular complexity index is 1710. The van der Waals surface area contributed by atoms with Crippen LogP contribution in [0.5, 0.6) is 6.01 Å². The molecule has 5 heterocycles. The fourth-order valence-electron chi connectivity index (χ4n) is 8.45.